The second-order valence-corrected chi connectivity index (χ2v) is 4.39. The first-order valence-electron chi connectivity index (χ1n) is 6.12. The van der Waals surface area contributed by atoms with Gasteiger partial charge in [-0.2, -0.15) is 0 Å². The summed E-state index contributed by atoms with van der Waals surface area (Å²) in [5.41, 5.74) is 0.661. The fourth-order valence-electron chi connectivity index (χ4n) is 1.55. The van der Waals surface area contributed by atoms with Gasteiger partial charge in [-0.1, -0.05) is 38.3 Å². The zero-order valence-electron chi connectivity index (χ0n) is 10.4. The molecule has 0 heterocycles. The summed E-state index contributed by atoms with van der Waals surface area (Å²) in [5, 5.41) is -0.576. The number of rotatable bonds is 7. The van der Waals surface area contributed by atoms with Gasteiger partial charge in [-0.15, -0.1) is 0 Å². The molecule has 0 saturated heterocycles. The zero-order chi connectivity index (χ0) is 13.4. The van der Waals surface area contributed by atoms with E-state index in [2.05, 4.69) is 6.92 Å². The smallest absolute Gasteiger partial charge is 0.338 e. The lowest BCUT2D eigenvalue weighted by atomic mass is 10.1. The number of carbonyl (C=O) groups is 2. The normalized spacial score (nSPS) is 10.1. The minimum absolute atomic E-state index is 0.303. The molecule has 4 heteroatoms. The summed E-state index contributed by atoms with van der Waals surface area (Å²) in [4.78, 5) is 22.6. The molecule has 0 aliphatic heterocycles. The van der Waals surface area contributed by atoms with E-state index in [1.54, 1.807) is 18.2 Å². The first-order valence-corrected chi connectivity index (χ1v) is 6.50. The molecule has 0 aromatic heterocycles. The molecule has 1 aromatic carbocycles. The number of ether oxygens (including phenoxy) is 1. The average molecular weight is 269 g/mol. The maximum Gasteiger partial charge on any atom is 0.338 e. The second-order valence-electron chi connectivity index (χ2n) is 4.05. The van der Waals surface area contributed by atoms with Crippen LogP contribution in [0.3, 0.4) is 0 Å². The van der Waals surface area contributed by atoms with Crippen LogP contribution in [0.1, 0.15) is 53.3 Å². The van der Waals surface area contributed by atoms with Crippen LogP contribution in [0.4, 0.5) is 0 Å². The zero-order valence-corrected chi connectivity index (χ0v) is 11.2. The minimum atomic E-state index is -0.576. The SMILES string of the molecule is CCCCCCOC(=O)c1cccc(C(=O)Cl)c1. The Hall–Kier alpha value is -1.35. The maximum atomic E-state index is 11.7. The summed E-state index contributed by atoms with van der Waals surface area (Å²) in [7, 11) is 0. The molecule has 0 saturated carbocycles. The number of esters is 1. The molecule has 1 rings (SSSR count). The third kappa shape index (κ3) is 4.88. The number of hydrogen-bond acceptors (Lipinski definition) is 3. The Morgan fingerprint density at radius 1 is 1.17 bits per heavy atom. The van der Waals surface area contributed by atoms with Crippen LogP contribution in [-0.2, 0) is 4.74 Å². The molecule has 0 radical (unpaired) electrons. The van der Waals surface area contributed by atoms with E-state index in [4.69, 9.17) is 16.3 Å². The molecule has 0 amide bonds. The summed E-state index contributed by atoms with van der Waals surface area (Å²) in [6, 6.07) is 6.23. The van der Waals surface area contributed by atoms with E-state index < -0.39 is 11.2 Å². The molecule has 3 nitrogen and oxygen atoms in total. The van der Waals surface area contributed by atoms with Crippen molar-refractivity contribution in [1.29, 1.82) is 0 Å². The Bertz CT molecular complexity index is 415. The molecule has 0 bridgehead atoms. The molecule has 0 aliphatic carbocycles. The van der Waals surface area contributed by atoms with Crippen molar-refractivity contribution < 1.29 is 14.3 Å². The largest absolute Gasteiger partial charge is 0.462 e. The van der Waals surface area contributed by atoms with Crippen molar-refractivity contribution in [3.63, 3.8) is 0 Å². The summed E-state index contributed by atoms with van der Waals surface area (Å²) >= 11 is 5.35. The third-order valence-corrected chi connectivity index (χ3v) is 2.77. The van der Waals surface area contributed by atoms with Crippen LogP contribution in [0.15, 0.2) is 24.3 Å². The van der Waals surface area contributed by atoms with Crippen molar-refractivity contribution in [2.45, 2.75) is 32.6 Å². The molecule has 0 atom stereocenters. The highest BCUT2D eigenvalue weighted by molar-refractivity contribution is 6.67. The lowest BCUT2D eigenvalue weighted by Crippen LogP contribution is -2.07. The van der Waals surface area contributed by atoms with Crippen molar-refractivity contribution in [3.8, 4) is 0 Å². The Morgan fingerprint density at radius 2 is 1.89 bits per heavy atom. The van der Waals surface area contributed by atoms with E-state index in [0.717, 1.165) is 25.7 Å². The van der Waals surface area contributed by atoms with Gasteiger partial charge >= 0.3 is 5.97 Å². The van der Waals surface area contributed by atoms with Gasteiger partial charge < -0.3 is 4.74 Å². The van der Waals surface area contributed by atoms with Gasteiger partial charge in [-0.3, -0.25) is 4.79 Å². The standard InChI is InChI=1S/C14H17ClO3/c1-2-3-4-5-9-18-14(17)12-8-6-7-11(10-12)13(15)16/h6-8,10H,2-5,9H2,1H3. The van der Waals surface area contributed by atoms with Gasteiger partial charge in [0.25, 0.3) is 5.24 Å². The van der Waals surface area contributed by atoms with Crippen LogP contribution in [0.2, 0.25) is 0 Å². The van der Waals surface area contributed by atoms with E-state index in [-0.39, 0.29) is 0 Å². The van der Waals surface area contributed by atoms with Crippen LogP contribution in [0.5, 0.6) is 0 Å². The lowest BCUT2D eigenvalue weighted by molar-refractivity contribution is 0.0498. The number of unbranched alkanes of at least 4 members (excludes halogenated alkanes) is 3. The first-order chi connectivity index (χ1) is 8.65. The predicted octanol–water partition coefficient (Wildman–Crippen LogP) is 3.80. The van der Waals surface area contributed by atoms with Gasteiger partial charge in [0.15, 0.2) is 0 Å². The van der Waals surface area contributed by atoms with Gasteiger partial charge in [0.2, 0.25) is 0 Å². The highest BCUT2D eigenvalue weighted by Gasteiger charge is 2.09. The van der Waals surface area contributed by atoms with Gasteiger partial charge in [-0.05, 0) is 30.2 Å². The quantitative estimate of drug-likeness (QED) is 0.429. The average Bonchev–Trinajstić information content (AvgIpc) is 2.38. The van der Waals surface area contributed by atoms with Gasteiger partial charge in [-0.25, -0.2) is 4.79 Å². The van der Waals surface area contributed by atoms with E-state index in [0.29, 0.717) is 17.7 Å². The molecule has 0 fully saturated rings. The van der Waals surface area contributed by atoms with E-state index >= 15 is 0 Å². The highest BCUT2D eigenvalue weighted by Crippen LogP contribution is 2.10. The van der Waals surface area contributed by atoms with Crippen molar-refractivity contribution in [3.05, 3.63) is 35.4 Å². The van der Waals surface area contributed by atoms with Gasteiger partial charge in [0.1, 0.15) is 0 Å². The van der Waals surface area contributed by atoms with E-state index in [1.807, 2.05) is 0 Å². The first kappa shape index (κ1) is 14.7. The second kappa shape index (κ2) is 7.88. The van der Waals surface area contributed by atoms with Crippen molar-refractivity contribution in [2.24, 2.45) is 0 Å². The Labute approximate surface area is 112 Å². The molecular formula is C14H17ClO3. The van der Waals surface area contributed by atoms with Gasteiger partial charge in [0.05, 0.1) is 12.2 Å². The van der Waals surface area contributed by atoms with Crippen LogP contribution < -0.4 is 0 Å². The number of hydrogen-bond donors (Lipinski definition) is 0. The molecular weight excluding hydrogens is 252 g/mol. The summed E-state index contributed by atoms with van der Waals surface area (Å²) in [5.74, 6) is -0.411. The fourth-order valence-corrected chi connectivity index (χ4v) is 1.66. The predicted molar refractivity (Wildman–Crippen MR) is 71.1 cm³/mol. The Morgan fingerprint density at radius 3 is 2.56 bits per heavy atom. The topological polar surface area (TPSA) is 43.4 Å². The van der Waals surface area contributed by atoms with Crippen LogP contribution in [0, 0.1) is 0 Å². The maximum absolute atomic E-state index is 11.7. The number of benzene rings is 1. The van der Waals surface area contributed by atoms with E-state index in [1.165, 1.54) is 6.07 Å². The van der Waals surface area contributed by atoms with E-state index in [9.17, 15) is 9.59 Å². The number of halogens is 1. The van der Waals surface area contributed by atoms with Gasteiger partial charge in [0, 0.05) is 5.56 Å². The van der Waals surface area contributed by atoms with Crippen LogP contribution in [0.25, 0.3) is 0 Å². The molecule has 1 aromatic rings. The van der Waals surface area contributed by atoms with Crippen LogP contribution >= 0.6 is 11.6 Å². The third-order valence-electron chi connectivity index (χ3n) is 2.56. The highest BCUT2D eigenvalue weighted by atomic mass is 35.5. The molecule has 98 valence electrons. The Kier molecular flexibility index (Phi) is 6.44. The summed E-state index contributed by atoms with van der Waals surface area (Å²) in [6.45, 7) is 2.54. The van der Waals surface area contributed by atoms with Crippen LogP contribution in [-0.4, -0.2) is 17.8 Å². The summed E-state index contributed by atoms with van der Waals surface area (Å²) < 4.78 is 5.12. The monoisotopic (exact) mass is 268 g/mol. The molecule has 18 heavy (non-hydrogen) atoms. The van der Waals surface area contributed by atoms with Crippen molar-refractivity contribution >= 4 is 22.8 Å². The molecule has 0 aliphatic rings. The van der Waals surface area contributed by atoms with Crippen molar-refractivity contribution in [1.82, 2.24) is 0 Å². The summed E-state index contributed by atoms with van der Waals surface area (Å²) in [6.07, 6.45) is 4.22. The molecule has 0 N–H and O–H groups in total. The lowest BCUT2D eigenvalue weighted by Gasteiger charge is -2.05. The Balaban J connectivity index is 2.46. The molecule has 0 unspecified atom stereocenters. The van der Waals surface area contributed by atoms with Crippen molar-refractivity contribution in [2.75, 3.05) is 6.61 Å². The fraction of sp³-hybridized carbons (Fsp3) is 0.429. The molecule has 0 spiro atoms. The minimum Gasteiger partial charge on any atom is -0.462 e. The number of carbonyl (C=O) groups excluding carboxylic acids is 2.